The monoisotopic (exact) mass is 252 g/mol. The molecule has 2 N–H and O–H groups in total. The third-order valence-electron chi connectivity index (χ3n) is 2.75. The zero-order valence-corrected chi connectivity index (χ0v) is 10.0. The number of hydrogen-bond donors (Lipinski definition) is 1. The fourth-order valence-electron chi connectivity index (χ4n) is 1.85. The molecule has 0 spiro atoms. The summed E-state index contributed by atoms with van der Waals surface area (Å²) in [5.74, 6) is -0.313. The van der Waals surface area contributed by atoms with Crippen LogP contribution < -0.4 is 5.73 Å². The average molecular weight is 252 g/mol. The Balaban J connectivity index is 2.28. The van der Waals surface area contributed by atoms with E-state index in [1.165, 1.54) is 12.1 Å². The molecule has 1 heterocycles. The smallest absolute Gasteiger partial charge is 0.159 e. The molecule has 1 aromatic carbocycles. The minimum atomic E-state index is -0.853. The first kappa shape index (κ1) is 12.6. The van der Waals surface area contributed by atoms with Crippen LogP contribution in [0.15, 0.2) is 18.2 Å². The van der Waals surface area contributed by atoms with Crippen LogP contribution >= 0.6 is 0 Å². The van der Waals surface area contributed by atoms with Gasteiger partial charge in [-0.15, -0.1) is 10.2 Å². The van der Waals surface area contributed by atoms with Crippen molar-refractivity contribution in [3.8, 4) is 0 Å². The third kappa shape index (κ3) is 2.38. The Morgan fingerprint density at radius 3 is 2.50 bits per heavy atom. The maximum absolute atomic E-state index is 13.1. The van der Waals surface area contributed by atoms with E-state index in [0.29, 0.717) is 36.7 Å². The van der Waals surface area contributed by atoms with Gasteiger partial charge in [0, 0.05) is 13.0 Å². The predicted molar refractivity (Wildman–Crippen MR) is 62.8 cm³/mol. The molecule has 0 amide bonds. The van der Waals surface area contributed by atoms with Crippen molar-refractivity contribution in [3.05, 3.63) is 47.0 Å². The van der Waals surface area contributed by atoms with Crippen LogP contribution in [0.4, 0.5) is 8.78 Å². The maximum Gasteiger partial charge on any atom is 0.159 e. The predicted octanol–water partition coefficient (Wildman–Crippen LogP) is 1.63. The summed E-state index contributed by atoms with van der Waals surface area (Å²) in [7, 11) is 0. The van der Waals surface area contributed by atoms with Crippen molar-refractivity contribution < 1.29 is 8.78 Å². The second-order valence-corrected chi connectivity index (χ2v) is 3.91. The Hall–Kier alpha value is -1.82. The second-order valence-electron chi connectivity index (χ2n) is 3.91. The average Bonchev–Trinajstić information content (AvgIpc) is 2.75. The van der Waals surface area contributed by atoms with Gasteiger partial charge in [-0.2, -0.15) is 0 Å². The highest BCUT2D eigenvalue weighted by molar-refractivity contribution is 5.21. The molecule has 4 nitrogen and oxygen atoms in total. The minimum Gasteiger partial charge on any atom is -0.324 e. The van der Waals surface area contributed by atoms with Crippen molar-refractivity contribution in [2.45, 2.75) is 26.4 Å². The van der Waals surface area contributed by atoms with Crippen LogP contribution in [0.2, 0.25) is 0 Å². The molecule has 6 heteroatoms. The van der Waals surface area contributed by atoms with Gasteiger partial charge in [0.25, 0.3) is 0 Å². The fraction of sp³-hybridized carbons (Fsp3) is 0.333. The van der Waals surface area contributed by atoms with E-state index in [2.05, 4.69) is 10.2 Å². The Labute approximate surface area is 103 Å². The molecule has 0 bridgehead atoms. The first-order valence-corrected chi connectivity index (χ1v) is 5.70. The summed E-state index contributed by atoms with van der Waals surface area (Å²) < 4.78 is 27.8. The normalized spacial score (nSPS) is 10.9. The quantitative estimate of drug-likeness (QED) is 0.899. The summed E-state index contributed by atoms with van der Waals surface area (Å²) in [4.78, 5) is 0. The lowest BCUT2D eigenvalue weighted by molar-refractivity contribution is 0.507. The summed E-state index contributed by atoms with van der Waals surface area (Å²) in [6.07, 6.45) is 0.401. The van der Waals surface area contributed by atoms with Gasteiger partial charge in [-0.25, -0.2) is 8.78 Å². The number of nitrogens with zero attached hydrogens (tertiary/aromatic N) is 3. The van der Waals surface area contributed by atoms with Crippen LogP contribution in [-0.2, 0) is 19.5 Å². The lowest BCUT2D eigenvalue weighted by Gasteiger charge is -2.06. The van der Waals surface area contributed by atoms with Gasteiger partial charge in [0.15, 0.2) is 11.6 Å². The first-order valence-electron chi connectivity index (χ1n) is 5.70. The van der Waals surface area contributed by atoms with Gasteiger partial charge in [0.05, 0.1) is 6.54 Å². The standard InChI is InChI=1S/C12H14F2N4/c1-2-18-11(16-17-12(18)7-15)6-8-3-4-9(13)10(14)5-8/h3-5H,2,6-7,15H2,1H3. The Bertz CT molecular complexity index is 551. The molecule has 0 atom stereocenters. The summed E-state index contributed by atoms with van der Waals surface area (Å²) in [6, 6.07) is 3.82. The number of benzene rings is 1. The molecule has 0 aliphatic carbocycles. The number of nitrogens with two attached hydrogens (primary N) is 1. The highest BCUT2D eigenvalue weighted by Gasteiger charge is 2.11. The molecule has 96 valence electrons. The van der Waals surface area contributed by atoms with Crippen molar-refractivity contribution in [1.29, 1.82) is 0 Å². The molecular formula is C12H14F2N4. The summed E-state index contributed by atoms with van der Waals surface area (Å²) in [5, 5.41) is 7.98. The van der Waals surface area contributed by atoms with E-state index in [-0.39, 0.29) is 0 Å². The molecule has 0 unspecified atom stereocenters. The molecular weight excluding hydrogens is 238 g/mol. The van der Waals surface area contributed by atoms with E-state index in [0.717, 1.165) is 6.07 Å². The van der Waals surface area contributed by atoms with Crippen LogP contribution in [0.3, 0.4) is 0 Å². The van der Waals surface area contributed by atoms with Gasteiger partial charge in [0.1, 0.15) is 11.6 Å². The topological polar surface area (TPSA) is 56.7 Å². The highest BCUT2D eigenvalue weighted by Crippen LogP contribution is 2.13. The number of rotatable bonds is 4. The first-order chi connectivity index (χ1) is 8.65. The van der Waals surface area contributed by atoms with Gasteiger partial charge in [-0.3, -0.25) is 0 Å². The van der Waals surface area contributed by atoms with E-state index in [1.54, 1.807) is 0 Å². The second kappa shape index (κ2) is 5.22. The SMILES string of the molecule is CCn1c(CN)nnc1Cc1ccc(F)c(F)c1. The lowest BCUT2D eigenvalue weighted by atomic mass is 10.1. The lowest BCUT2D eigenvalue weighted by Crippen LogP contribution is -2.10. The molecule has 2 rings (SSSR count). The Morgan fingerprint density at radius 1 is 1.17 bits per heavy atom. The van der Waals surface area contributed by atoms with Crippen LogP contribution in [-0.4, -0.2) is 14.8 Å². The van der Waals surface area contributed by atoms with E-state index in [4.69, 9.17) is 5.73 Å². The molecule has 0 aliphatic rings. The van der Waals surface area contributed by atoms with Crippen LogP contribution in [0.1, 0.15) is 24.1 Å². The summed E-state index contributed by atoms with van der Waals surface area (Å²) in [5.41, 5.74) is 6.20. The van der Waals surface area contributed by atoms with E-state index in [1.807, 2.05) is 11.5 Å². The summed E-state index contributed by atoms with van der Waals surface area (Å²) >= 11 is 0. The molecule has 0 aliphatic heterocycles. The zero-order valence-electron chi connectivity index (χ0n) is 10.0. The Morgan fingerprint density at radius 2 is 1.89 bits per heavy atom. The molecule has 2 aromatic rings. The molecule has 0 saturated heterocycles. The van der Waals surface area contributed by atoms with Gasteiger partial charge in [-0.1, -0.05) is 6.07 Å². The van der Waals surface area contributed by atoms with Crippen molar-refractivity contribution in [3.63, 3.8) is 0 Å². The van der Waals surface area contributed by atoms with E-state index in [9.17, 15) is 8.78 Å². The van der Waals surface area contributed by atoms with Crippen molar-refractivity contribution in [1.82, 2.24) is 14.8 Å². The number of halogens is 2. The largest absolute Gasteiger partial charge is 0.324 e. The fourth-order valence-corrected chi connectivity index (χ4v) is 1.85. The number of hydrogen-bond acceptors (Lipinski definition) is 3. The van der Waals surface area contributed by atoms with Gasteiger partial charge < -0.3 is 10.3 Å². The zero-order chi connectivity index (χ0) is 13.1. The highest BCUT2D eigenvalue weighted by atomic mass is 19.2. The van der Waals surface area contributed by atoms with Crippen LogP contribution in [0.5, 0.6) is 0 Å². The molecule has 18 heavy (non-hydrogen) atoms. The number of aromatic nitrogens is 3. The van der Waals surface area contributed by atoms with Crippen molar-refractivity contribution in [2.75, 3.05) is 0 Å². The molecule has 1 aromatic heterocycles. The molecule has 0 saturated carbocycles. The van der Waals surface area contributed by atoms with Gasteiger partial charge in [0.2, 0.25) is 0 Å². The third-order valence-corrected chi connectivity index (χ3v) is 2.75. The van der Waals surface area contributed by atoms with Crippen molar-refractivity contribution in [2.24, 2.45) is 5.73 Å². The maximum atomic E-state index is 13.1. The van der Waals surface area contributed by atoms with Gasteiger partial charge >= 0.3 is 0 Å². The summed E-state index contributed by atoms with van der Waals surface area (Å²) in [6.45, 7) is 2.95. The minimum absolute atomic E-state index is 0.304. The van der Waals surface area contributed by atoms with Crippen LogP contribution in [0.25, 0.3) is 0 Å². The van der Waals surface area contributed by atoms with Crippen LogP contribution in [0, 0.1) is 11.6 Å². The molecule has 0 fully saturated rings. The Kier molecular flexibility index (Phi) is 3.66. The van der Waals surface area contributed by atoms with Gasteiger partial charge in [-0.05, 0) is 24.6 Å². The van der Waals surface area contributed by atoms with E-state index < -0.39 is 11.6 Å². The van der Waals surface area contributed by atoms with Crippen molar-refractivity contribution >= 4 is 0 Å². The molecule has 0 radical (unpaired) electrons. The van der Waals surface area contributed by atoms with E-state index >= 15 is 0 Å².